The summed E-state index contributed by atoms with van der Waals surface area (Å²) >= 11 is 0. The molecule has 15 heavy (non-hydrogen) atoms. The van der Waals surface area contributed by atoms with Crippen LogP contribution in [0.4, 0.5) is 0 Å². The van der Waals surface area contributed by atoms with Gasteiger partial charge in [-0.3, -0.25) is 0 Å². The van der Waals surface area contributed by atoms with Crippen molar-refractivity contribution in [3.63, 3.8) is 0 Å². The van der Waals surface area contributed by atoms with Crippen LogP contribution in [0.15, 0.2) is 0 Å². The van der Waals surface area contributed by atoms with Crippen LogP contribution < -0.4 is 0 Å². The molecule has 0 bridgehead atoms. The van der Waals surface area contributed by atoms with Crippen molar-refractivity contribution in [2.24, 2.45) is 5.92 Å². The zero-order chi connectivity index (χ0) is 11.1. The van der Waals surface area contributed by atoms with Gasteiger partial charge in [-0.05, 0) is 25.2 Å². The topological polar surface area (TPSA) is 44.8 Å². The van der Waals surface area contributed by atoms with Gasteiger partial charge in [0.2, 0.25) is 0 Å². The SMILES string of the molecule is CCCOCCOC(C(=O)OC)C1CC1. The van der Waals surface area contributed by atoms with Crippen LogP contribution in [0.3, 0.4) is 0 Å². The van der Waals surface area contributed by atoms with E-state index >= 15 is 0 Å². The Kier molecular flexibility index (Phi) is 5.65. The van der Waals surface area contributed by atoms with Gasteiger partial charge in [-0.2, -0.15) is 0 Å². The molecule has 0 N–H and O–H groups in total. The van der Waals surface area contributed by atoms with Gasteiger partial charge in [-0.15, -0.1) is 0 Å². The van der Waals surface area contributed by atoms with E-state index in [9.17, 15) is 4.79 Å². The molecule has 0 aromatic rings. The highest BCUT2D eigenvalue weighted by molar-refractivity contribution is 5.75. The van der Waals surface area contributed by atoms with Crippen molar-refractivity contribution in [3.05, 3.63) is 0 Å². The first-order valence-corrected chi connectivity index (χ1v) is 5.56. The van der Waals surface area contributed by atoms with E-state index in [2.05, 4.69) is 11.7 Å². The summed E-state index contributed by atoms with van der Waals surface area (Å²) in [5, 5.41) is 0. The first-order valence-electron chi connectivity index (χ1n) is 5.56. The molecule has 0 aliphatic heterocycles. The first kappa shape index (κ1) is 12.5. The fraction of sp³-hybridized carbons (Fsp3) is 0.909. The molecule has 0 amide bonds. The third-order valence-corrected chi connectivity index (χ3v) is 2.36. The fourth-order valence-electron chi connectivity index (χ4n) is 1.39. The van der Waals surface area contributed by atoms with Crippen LogP contribution in [0, 0.1) is 5.92 Å². The molecule has 0 radical (unpaired) electrons. The molecule has 0 spiro atoms. The van der Waals surface area contributed by atoms with Crippen LogP contribution in [0.25, 0.3) is 0 Å². The highest BCUT2D eigenvalue weighted by atomic mass is 16.6. The lowest BCUT2D eigenvalue weighted by Crippen LogP contribution is -2.29. The molecule has 1 fully saturated rings. The maximum Gasteiger partial charge on any atom is 0.335 e. The van der Waals surface area contributed by atoms with Crippen molar-refractivity contribution in [2.45, 2.75) is 32.3 Å². The van der Waals surface area contributed by atoms with Gasteiger partial charge >= 0.3 is 5.97 Å². The summed E-state index contributed by atoms with van der Waals surface area (Å²) < 4.78 is 15.4. The first-order chi connectivity index (χ1) is 7.29. The van der Waals surface area contributed by atoms with E-state index < -0.39 is 0 Å². The predicted octanol–water partition coefficient (Wildman–Crippen LogP) is 1.38. The Morgan fingerprint density at radius 1 is 1.33 bits per heavy atom. The van der Waals surface area contributed by atoms with Gasteiger partial charge in [-0.25, -0.2) is 4.79 Å². The van der Waals surface area contributed by atoms with Gasteiger partial charge in [0.25, 0.3) is 0 Å². The summed E-state index contributed by atoms with van der Waals surface area (Å²) in [7, 11) is 1.40. The molecule has 0 aromatic carbocycles. The quantitative estimate of drug-likeness (QED) is 0.454. The monoisotopic (exact) mass is 216 g/mol. The number of carbonyl (C=O) groups is 1. The number of esters is 1. The molecule has 1 unspecified atom stereocenters. The minimum Gasteiger partial charge on any atom is -0.467 e. The molecule has 4 heteroatoms. The molecule has 1 aliphatic carbocycles. The highest BCUT2D eigenvalue weighted by Crippen LogP contribution is 2.34. The summed E-state index contributed by atoms with van der Waals surface area (Å²) in [6, 6.07) is 0. The lowest BCUT2D eigenvalue weighted by atomic mass is 10.2. The highest BCUT2D eigenvalue weighted by Gasteiger charge is 2.37. The number of hydrogen-bond acceptors (Lipinski definition) is 4. The summed E-state index contributed by atoms with van der Waals surface area (Å²) in [6.07, 6.45) is 2.76. The molecular weight excluding hydrogens is 196 g/mol. The Balaban J connectivity index is 2.12. The number of carbonyl (C=O) groups excluding carboxylic acids is 1. The number of ether oxygens (including phenoxy) is 3. The van der Waals surface area contributed by atoms with E-state index in [1.165, 1.54) is 7.11 Å². The van der Waals surface area contributed by atoms with Crippen molar-refractivity contribution in [2.75, 3.05) is 26.9 Å². The van der Waals surface area contributed by atoms with E-state index in [1.54, 1.807) is 0 Å². The smallest absolute Gasteiger partial charge is 0.335 e. The molecule has 88 valence electrons. The van der Waals surface area contributed by atoms with Gasteiger partial charge in [-0.1, -0.05) is 6.92 Å². The van der Waals surface area contributed by atoms with Gasteiger partial charge in [0, 0.05) is 6.61 Å². The Morgan fingerprint density at radius 3 is 2.60 bits per heavy atom. The molecule has 1 saturated carbocycles. The maximum atomic E-state index is 11.3. The average Bonchev–Trinajstić information content (AvgIpc) is 3.06. The standard InChI is InChI=1S/C11H20O4/c1-3-6-14-7-8-15-10(9-4-5-9)11(12)13-2/h9-10H,3-8H2,1-2H3. The van der Waals surface area contributed by atoms with Crippen molar-refractivity contribution in [1.82, 2.24) is 0 Å². The van der Waals surface area contributed by atoms with Gasteiger partial charge < -0.3 is 14.2 Å². The second kappa shape index (κ2) is 6.80. The third-order valence-electron chi connectivity index (χ3n) is 2.36. The summed E-state index contributed by atoms with van der Waals surface area (Å²) in [4.78, 5) is 11.3. The molecule has 0 aromatic heterocycles. The molecule has 0 heterocycles. The fourth-order valence-corrected chi connectivity index (χ4v) is 1.39. The van der Waals surface area contributed by atoms with Crippen LogP contribution in [0.2, 0.25) is 0 Å². The van der Waals surface area contributed by atoms with Crippen LogP contribution >= 0.6 is 0 Å². The lowest BCUT2D eigenvalue weighted by molar-refractivity contribution is -0.156. The summed E-state index contributed by atoms with van der Waals surface area (Å²) in [6.45, 7) is 3.82. The molecule has 1 rings (SSSR count). The zero-order valence-corrected chi connectivity index (χ0v) is 9.53. The van der Waals surface area contributed by atoms with E-state index in [0.29, 0.717) is 19.1 Å². The van der Waals surface area contributed by atoms with Crippen molar-refractivity contribution < 1.29 is 19.0 Å². The zero-order valence-electron chi connectivity index (χ0n) is 9.53. The van der Waals surface area contributed by atoms with Crippen LogP contribution in [-0.2, 0) is 19.0 Å². The largest absolute Gasteiger partial charge is 0.467 e. The Bertz CT molecular complexity index is 189. The normalized spacial score (nSPS) is 17.5. The third kappa shape index (κ3) is 4.62. The Hall–Kier alpha value is -0.610. The second-order valence-corrected chi connectivity index (χ2v) is 3.76. The van der Waals surface area contributed by atoms with Gasteiger partial charge in [0.05, 0.1) is 20.3 Å². The van der Waals surface area contributed by atoms with Crippen molar-refractivity contribution in [3.8, 4) is 0 Å². The van der Waals surface area contributed by atoms with E-state index in [0.717, 1.165) is 25.9 Å². The van der Waals surface area contributed by atoms with Gasteiger partial charge in [0.15, 0.2) is 6.10 Å². The number of methoxy groups -OCH3 is 1. The summed E-state index contributed by atoms with van der Waals surface area (Å²) in [5.41, 5.74) is 0. The molecule has 4 nitrogen and oxygen atoms in total. The lowest BCUT2D eigenvalue weighted by Gasteiger charge is -2.14. The minimum atomic E-state index is -0.375. The van der Waals surface area contributed by atoms with Crippen LogP contribution in [0.1, 0.15) is 26.2 Å². The Morgan fingerprint density at radius 2 is 2.07 bits per heavy atom. The predicted molar refractivity (Wildman–Crippen MR) is 55.6 cm³/mol. The van der Waals surface area contributed by atoms with E-state index in [1.807, 2.05) is 0 Å². The van der Waals surface area contributed by atoms with Crippen LogP contribution in [-0.4, -0.2) is 39.0 Å². The number of hydrogen-bond donors (Lipinski definition) is 0. The molecule has 1 atom stereocenters. The van der Waals surface area contributed by atoms with E-state index in [4.69, 9.17) is 9.47 Å². The Labute approximate surface area is 90.9 Å². The van der Waals surface area contributed by atoms with E-state index in [-0.39, 0.29) is 12.1 Å². The van der Waals surface area contributed by atoms with Crippen LogP contribution in [0.5, 0.6) is 0 Å². The summed E-state index contributed by atoms with van der Waals surface area (Å²) in [5.74, 6) is 0.108. The maximum absolute atomic E-state index is 11.3. The van der Waals surface area contributed by atoms with Gasteiger partial charge in [0.1, 0.15) is 0 Å². The van der Waals surface area contributed by atoms with Crippen molar-refractivity contribution >= 4 is 5.97 Å². The van der Waals surface area contributed by atoms with Crippen molar-refractivity contribution in [1.29, 1.82) is 0 Å². The number of rotatable bonds is 8. The molecule has 1 aliphatic rings. The molecular formula is C11H20O4. The minimum absolute atomic E-state index is 0.256. The molecule has 0 saturated heterocycles. The second-order valence-electron chi connectivity index (χ2n) is 3.76. The average molecular weight is 216 g/mol.